The second kappa shape index (κ2) is 12.0. The number of ether oxygens (including phenoxy) is 3. The smallest absolute Gasteiger partial charge is 0.306 e. The van der Waals surface area contributed by atoms with Gasteiger partial charge in [0.1, 0.15) is 23.9 Å². The van der Waals surface area contributed by atoms with Gasteiger partial charge in [-0.2, -0.15) is 0 Å². The van der Waals surface area contributed by atoms with Crippen LogP contribution in [0.1, 0.15) is 56.9 Å². The van der Waals surface area contributed by atoms with Crippen LogP contribution in [0.5, 0.6) is 11.5 Å². The van der Waals surface area contributed by atoms with Gasteiger partial charge in [0.2, 0.25) is 0 Å². The lowest BCUT2D eigenvalue weighted by atomic mass is 9.81. The molecule has 3 aromatic carbocycles. The van der Waals surface area contributed by atoms with E-state index in [1.165, 1.54) is 13.2 Å². The van der Waals surface area contributed by atoms with E-state index in [0.717, 1.165) is 11.1 Å². The molecular weight excluding hydrogens is 459 g/mol. The molecule has 0 aliphatic carbocycles. The molecule has 0 aliphatic rings. The molecule has 0 saturated heterocycles. The first-order valence-corrected chi connectivity index (χ1v) is 12.1. The summed E-state index contributed by atoms with van der Waals surface area (Å²) in [6.07, 6.45) is 0.0520. The Labute approximate surface area is 212 Å². The molecule has 6 heteroatoms. The minimum atomic E-state index is -0.829. The number of rotatable bonds is 10. The number of hydrogen-bond acceptors (Lipinski definition) is 5. The first-order valence-electron chi connectivity index (χ1n) is 12.1. The van der Waals surface area contributed by atoms with Crippen molar-refractivity contribution in [3.05, 3.63) is 83.2 Å². The molecule has 1 atom stereocenters. The average Bonchev–Trinajstić information content (AvgIpc) is 2.86. The average molecular weight is 495 g/mol. The molecule has 5 nitrogen and oxygen atoms in total. The van der Waals surface area contributed by atoms with Gasteiger partial charge in [0, 0.05) is 12.0 Å². The van der Waals surface area contributed by atoms with Crippen LogP contribution in [-0.4, -0.2) is 24.8 Å². The Bertz CT molecular complexity index is 1180. The predicted molar refractivity (Wildman–Crippen MR) is 139 cm³/mol. The highest BCUT2D eigenvalue weighted by atomic mass is 19.1. The molecule has 3 rings (SSSR count). The highest BCUT2D eigenvalue weighted by Crippen LogP contribution is 2.40. The molecule has 3 aromatic rings. The van der Waals surface area contributed by atoms with Crippen LogP contribution in [0.25, 0.3) is 11.1 Å². The van der Waals surface area contributed by atoms with Crippen LogP contribution in [0.15, 0.2) is 60.7 Å². The van der Waals surface area contributed by atoms with Crippen molar-refractivity contribution in [2.24, 2.45) is 5.41 Å². The number of halogens is 1. The van der Waals surface area contributed by atoms with Crippen molar-refractivity contribution in [3.8, 4) is 22.6 Å². The molecular formula is C30H35FO5. The normalized spacial score (nSPS) is 12.2. The number of aryl methyl sites for hydroxylation is 1. The Balaban J connectivity index is 1.84. The molecule has 36 heavy (non-hydrogen) atoms. The SMILES string of the molecule is CCOC(=O)CCc1cccc(OCc2ccc(-c3cc(OC)ccc3F)c(C(O)C(C)(C)C)c2)c1. The number of aliphatic hydroxyl groups excluding tert-OH is 1. The monoisotopic (exact) mass is 494 g/mol. The Morgan fingerprint density at radius 3 is 2.44 bits per heavy atom. The van der Waals surface area contributed by atoms with Crippen molar-refractivity contribution in [2.45, 2.75) is 53.2 Å². The maximum absolute atomic E-state index is 14.8. The predicted octanol–water partition coefficient (Wildman–Crippen LogP) is 6.66. The van der Waals surface area contributed by atoms with Crippen molar-refractivity contribution >= 4 is 5.97 Å². The molecule has 0 aromatic heterocycles. The van der Waals surface area contributed by atoms with Gasteiger partial charge in [-0.25, -0.2) is 4.39 Å². The summed E-state index contributed by atoms with van der Waals surface area (Å²) in [7, 11) is 1.54. The van der Waals surface area contributed by atoms with E-state index in [4.69, 9.17) is 14.2 Å². The van der Waals surface area contributed by atoms with E-state index < -0.39 is 11.5 Å². The van der Waals surface area contributed by atoms with Crippen molar-refractivity contribution < 1.29 is 28.5 Å². The number of carbonyl (C=O) groups is 1. The zero-order chi connectivity index (χ0) is 26.3. The number of hydrogen-bond donors (Lipinski definition) is 1. The summed E-state index contributed by atoms with van der Waals surface area (Å²) < 4.78 is 31.1. The van der Waals surface area contributed by atoms with Crippen molar-refractivity contribution in [3.63, 3.8) is 0 Å². The molecule has 0 amide bonds. The molecule has 0 spiro atoms. The third-order valence-corrected chi connectivity index (χ3v) is 5.92. The fourth-order valence-corrected chi connectivity index (χ4v) is 3.91. The lowest BCUT2D eigenvalue weighted by Gasteiger charge is -2.28. The van der Waals surface area contributed by atoms with Gasteiger partial charge in [0.05, 0.1) is 19.8 Å². The largest absolute Gasteiger partial charge is 0.497 e. The minimum absolute atomic E-state index is 0.221. The molecule has 0 saturated carbocycles. The van der Waals surface area contributed by atoms with E-state index >= 15 is 0 Å². The van der Waals surface area contributed by atoms with Gasteiger partial charge >= 0.3 is 5.97 Å². The van der Waals surface area contributed by atoms with Crippen molar-refractivity contribution in [1.82, 2.24) is 0 Å². The summed E-state index contributed by atoms with van der Waals surface area (Å²) in [6.45, 7) is 8.25. The highest BCUT2D eigenvalue weighted by Gasteiger charge is 2.27. The lowest BCUT2D eigenvalue weighted by Crippen LogP contribution is -2.19. The van der Waals surface area contributed by atoms with Crippen LogP contribution in [-0.2, 0) is 22.6 Å². The lowest BCUT2D eigenvalue weighted by molar-refractivity contribution is -0.143. The number of aliphatic hydroxyl groups is 1. The second-order valence-corrected chi connectivity index (χ2v) is 9.78. The van der Waals surface area contributed by atoms with Gasteiger partial charge in [-0.15, -0.1) is 0 Å². The molecule has 0 fully saturated rings. The third kappa shape index (κ3) is 7.08. The summed E-state index contributed by atoms with van der Waals surface area (Å²) >= 11 is 0. The zero-order valence-electron chi connectivity index (χ0n) is 21.6. The van der Waals surface area contributed by atoms with Gasteiger partial charge in [-0.05, 0) is 77.4 Å². The second-order valence-electron chi connectivity index (χ2n) is 9.78. The van der Waals surface area contributed by atoms with E-state index in [2.05, 4.69) is 0 Å². The van der Waals surface area contributed by atoms with E-state index in [-0.39, 0.29) is 18.4 Å². The van der Waals surface area contributed by atoms with Crippen LogP contribution in [0.2, 0.25) is 0 Å². The summed E-state index contributed by atoms with van der Waals surface area (Å²) in [5.41, 5.74) is 2.97. The summed E-state index contributed by atoms with van der Waals surface area (Å²) in [5, 5.41) is 11.2. The van der Waals surface area contributed by atoms with Crippen LogP contribution in [0.4, 0.5) is 4.39 Å². The number of esters is 1. The Morgan fingerprint density at radius 1 is 0.972 bits per heavy atom. The maximum atomic E-state index is 14.8. The molecule has 0 bridgehead atoms. The number of benzene rings is 3. The number of methoxy groups -OCH3 is 1. The van der Waals surface area contributed by atoms with E-state index in [0.29, 0.717) is 47.6 Å². The van der Waals surface area contributed by atoms with Crippen LogP contribution < -0.4 is 9.47 Å². The quantitative estimate of drug-likeness (QED) is 0.320. The summed E-state index contributed by atoms with van der Waals surface area (Å²) in [4.78, 5) is 11.7. The van der Waals surface area contributed by atoms with Gasteiger partial charge in [0.25, 0.3) is 0 Å². The Morgan fingerprint density at radius 2 is 1.75 bits per heavy atom. The molecule has 1 unspecified atom stereocenters. The van der Waals surface area contributed by atoms with Crippen LogP contribution in [0.3, 0.4) is 0 Å². The Hall–Kier alpha value is -3.38. The van der Waals surface area contributed by atoms with Gasteiger partial charge in [0.15, 0.2) is 0 Å². The Kier molecular flexibility index (Phi) is 9.10. The summed E-state index contributed by atoms with van der Waals surface area (Å²) in [5.74, 6) is 0.609. The molecule has 192 valence electrons. The molecule has 0 aliphatic heterocycles. The highest BCUT2D eigenvalue weighted by molar-refractivity contribution is 5.71. The molecule has 0 heterocycles. The van der Waals surface area contributed by atoms with Crippen molar-refractivity contribution in [1.29, 1.82) is 0 Å². The van der Waals surface area contributed by atoms with Gasteiger partial charge < -0.3 is 19.3 Å². The van der Waals surface area contributed by atoms with Crippen molar-refractivity contribution in [2.75, 3.05) is 13.7 Å². The topological polar surface area (TPSA) is 65.0 Å². The van der Waals surface area contributed by atoms with E-state index in [9.17, 15) is 14.3 Å². The van der Waals surface area contributed by atoms with Crippen LogP contribution in [0, 0.1) is 11.2 Å². The van der Waals surface area contributed by atoms with E-state index in [1.807, 2.05) is 63.2 Å². The van der Waals surface area contributed by atoms with E-state index in [1.54, 1.807) is 19.1 Å². The van der Waals surface area contributed by atoms with Crippen LogP contribution >= 0.6 is 0 Å². The molecule has 0 radical (unpaired) electrons. The standard InChI is InChI=1S/C30H35FO5/c1-6-35-28(32)15-11-20-8-7-9-23(16-20)36-19-21-10-13-24(26(17-21)29(33)30(2,3)4)25-18-22(34-5)12-14-27(25)31/h7-10,12-14,16-18,29,33H,6,11,15,19H2,1-5H3. The zero-order valence-corrected chi connectivity index (χ0v) is 21.6. The fraction of sp³-hybridized carbons (Fsp3) is 0.367. The first kappa shape index (κ1) is 27.2. The fourth-order valence-electron chi connectivity index (χ4n) is 3.91. The molecule has 1 N–H and O–H groups in total. The third-order valence-electron chi connectivity index (χ3n) is 5.92. The summed E-state index contributed by atoms with van der Waals surface area (Å²) in [6, 6.07) is 17.7. The maximum Gasteiger partial charge on any atom is 0.306 e. The number of carbonyl (C=O) groups excluding carboxylic acids is 1. The first-order chi connectivity index (χ1) is 17.1. The van der Waals surface area contributed by atoms with Gasteiger partial charge in [-0.3, -0.25) is 4.79 Å². The van der Waals surface area contributed by atoms with Gasteiger partial charge in [-0.1, -0.05) is 45.0 Å². The minimum Gasteiger partial charge on any atom is -0.497 e.